The molecule has 0 aliphatic carbocycles. The summed E-state index contributed by atoms with van der Waals surface area (Å²) in [6, 6.07) is 14.5. The van der Waals surface area contributed by atoms with Crippen molar-refractivity contribution in [3.63, 3.8) is 0 Å². The van der Waals surface area contributed by atoms with Crippen molar-refractivity contribution in [1.29, 1.82) is 0 Å². The van der Waals surface area contributed by atoms with Gasteiger partial charge in [0.1, 0.15) is 0 Å². The lowest BCUT2D eigenvalue weighted by atomic mass is 10.0. The summed E-state index contributed by atoms with van der Waals surface area (Å²) < 4.78 is 29.6. The van der Waals surface area contributed by atoms with Crippen LogP contribution in [-0.4, -0.2) is 49.8 Å². The quantitative estimate of drug-likeness (QED) is 0.816. The van der Waals surface area contributed by atoms with E-state index in [0.717, 1.165) is 25.1 Å². The maximum absolute atomic E-state index is 13.1. The zero-order chi connectivity index (χ0) is 19.0. The summed E-state index contributed by atoms with van der Waals surface area (Å²) in [5.41, 5.74) is 6.17. The normalized spacial score (nSPS) is 19.1. The first-order valence-electron chi connectivity index (χ1n) is 9.60. The van der Waals surface area contributed by atoms with E-state index in [0.29, 0.717) is 26.2 Å². The highest BCUT2D eigenvalue weighted by Gasteiger charge is 2.34. The Hall–Kier alpha value is -1.89. The second-order valence-electron chi connectivity index (χ2n) is 7.47. The molecular formula is C21H27N3O2S. The topological polar surface area (TPSA) is 43.9 Å². The molecular weight excluding hydrogens is 358 g/mol. The number of fused-ring (bicyclic) bond motifs is 1. The van der Waals surface area contributed by atoms with Crippen molar-refractivity contribution in [2.75, 3.05) is 37.6 Å². The second kappa shape index (κ2) is 7.26. The molecule has 2 aromatic carbocycles. The Morgan fingerprint density at radius 1 is 0.778 bits per heavy atom. The van der Waals surface area contributed by atoms with Gasteiger partial charge in [0.15, 0.2) is 0 Å². The van der Waals surface area contributed by atoms with Gasteiger partial charge in [-0.15, -0.1) is 0 Å². The molecule has 27 heavy (non-hydrogen) atoms. The second-order valence-corrected chi connectivity index (χ2v) is 9.39. The fourth-order valence-corrected chi connectivity index (χ4v) is 5.64. The predicted molar refractivity (Wildman–Crippen MR) is 109 cm³/mol. The van der Waals surface area contributed by atoms with E-state index in [1.165, 1.54) is 22.4 Å². The summed E-state index contributed by atoms with van der Waals surface area (Å²) in [5, 5.41) is 0. The number of hydrogen-bond acceptors (Lipinski definition) is 3. The average molecular weight is 386 g/mol. The van der Waals surface area contributed by atoms with E-state index in [4.69, 9.17) is 0 Å². The highest BCUT2D eigenvalue weighted by atomic mass is 32.2. The lowest BCUT2D eigenvalue weighted by molar-refractivity contribution is 0.314. The van der Waals surface area contributed by atoms with Crippen LogP contribution in [0.2, 0.25) is 0 Å². The molecule has 1 fully saturated rings. The van der Waals surface area contributed by atoms with Crippen LogP contribution in [0.4, 0.5) is 5.69 Å². The molecule has 0 unspecified atom stereocenters. The van der Waals surface area contributed by atoms with E-state index in [2.05, 4.69) is 43.0 Å². The standard InChI is InChI=1S/C21H27N3O2S/c1-17-6-5-9-21(18(17)2)22-12-14-23(15-13-22)27(25,26)24-11-10-19-7-3-4-8-20(19)16-24/h3-9H,10-16H2,1-2H3. The molecule has 0 saturated carbocycles. The van der Waals surface area contributed by atoms with Crippen LogP contribution < -0.4 is 4.90 Å². The predicted octanol–water partition coefficient (Wildman–Crippen LogP) is 2.73. The molecule has 0 atom stereocenters. The van der Waals surface area contributed by atoms with Gasteiger partial charge in [-0.25, -0.2) is 0 Å². The van der Waals surface area contributed by atoms with E-state index in [-0.39, 0.29) is 0 Å². The molecule has 2 aliphatic heterocycles. The van der Waals surface area contributed by atoms with Crippen LogP contribution in [0.25, 0.3) is 0 Å². The van der Waals surface area contributed by atoms with E-state index in [1.807, 2.05) is 18.2 Å². The Morgan fingerprint density at radius 2 is 1.48 bits per heavy atom. The number of hydrogen-bond donors (Lipinski definition) is 0. The fourth-order valence-electron chi connectivity index (χ4n) is 4.07. The van der Waals surface area contributed by atoms with E-state index in [9.17, 15) is 8.42 Å². The summed E-state index contributed by atoms with van der Waals surface area (Å²) in [6.07, 6.45) is 0.790. The molecule has 2 heterocycles. The van der Waals surface area contributed by atoms with Crippen molar-refractivity contribution in [1.82, 2.24) is 8.61 Å². The van der Waals surface area contributed by atoms with Gasteiger partial charge in [0.25, 0.3) is 10.2 Å². The Balaban J connectivity index is 1.45. The molecule has 0 radical (unpaired) electrons. The first-order valence-corrected chi connectivity index (χ1v) is 11.0. The van der Waals surface area contributed by atoms with Crippen LogP contribution in [0.3, 0.4) is 0 Å². The largest absolute Gasteiger partial charge is 0.369 e. The first-order chi connectivity index (χ1) is 13.0. The van der Waals surface area contributed by atoms with Gasteiger partial charge < -0.3 is 4.90 Å². The van der Waals surface area contributed by atoms with Crippen molar-refractivity contribution in [2.24, 2.45) is 0 Å². The smallest absolute Gasteiger partial charge is 0.282 e. The SMILES string of the molecule is Cc1cccc(N2CCN(S(=O)(=O)N3CCc4ccccc4C3)CC2)c1C. The molecule has 5 nitrogen and oxygen atoms in total. The minimum Gasteiger partial charge on any atom is -0.369 e. The van der Waals surface area contributed by atoms with E-state index < -0.39 is 10.2 Å². The van der Waals surface area contributed by atoms with Gasteiger partial charge in [-0.2, -0.15) is 17.0 Å². The van der Waals surface area contributed by atoms with Crippen molar-refractivity contribution < 1.29 is 8.42 Å². The molecule has 0 amide bonds. The van der Waals surface area contributed by atoms with Crippen molar-refractivity contribution >= 4 is 15.9 Å². The summed E-state index contributed by atoms with van der Waals surface area (Å²) in [6.45, 7) is 7.84. The van der Waals surface area contributed by atoms with E-state index >= 15 is 0 Å². The molecule has 0 spiro atoms. The van der Waals surface area contributed by atoms with Crippen LogP contribution in [0.15, 0.2) is 42.5 Å². The summed E-state index contributed by atoms with van der Waals surface area (Å²) in [7, 11) is -3.41. The van der Waals surface area contributed by atoms with Crippen LogP contribution in [0, 0.1) is 13.8 Å². The maximum atomic E-state index is 13.1. The monoisotopic (exact) mass is 385 g/mol. The van der Waals surface area contributed by atoms with Crippen molar-refractivity contribution in [3.05, 3.63) is 64.7 Å². The zero-order valence-corrected chi connectivity index (χ0v) is 16.9. The molecule has 6 heteroatoms. The summed E-state index contributed by atoms with van der Waals surface area (Å²) in [5.74, 6) is 0. The number of anilines is 1. The van der Waals surface area contributed by atoms with Crippen molar-refractivity contribution in [2.45, 2.75) is 26.8 Å². The molecule has 0 N–H and O–H groups in total. The van der Waals surface area contributed by atoms with Crippen LogP contribution in [-0.2, 0) is 23.2 Å². The maximum Gasteiger partial charge on any atom is 0.282 e. The molecule has 0 bridgehead atoms. The Bertz CT molecular complexity index is 934. The molecule has 2 aliphatic rings. The van der Waals surface area contributed by atoms with Gasteiger partial charge in [0, 0.05) is 45.0 Å². The van der Waals surface area contributed by atoms with Crippen LogP contribution >= 0.6 is 0 Å². The van der Waals surface area contributed by atoms with Crippen molar-refractivity contribution in [3.8, 4) is 0 Å². The number of piperazine rings is 1. The van der Waals surface area contributed by atoms with Gasteiger partial charge in [-0.05, 0) is 48.6 Å². The van der Waals surface area contributed by atoms with Crippen LogP contribution in [0.5, 0.6) is 0 Å². The minimum atomic E-state index is -3.41. The number of aryl methyl sites for hydroxylation is 1. The zero-order valence-electron chi connectivity index (χ0n) is 16.1. The number of benzene rings is 2. The van der Waals surface area contributed by atoms with Gasteiger partial charge >= 0.3 is 0 Å². The third kappa shape index (κ3) is 3.49. The van der Waals surface area contributed by atoms with Gasteiger partial charge in [-0.3, -0.25) is 0 Å². The third-order valence-corrected chi connectivity index (χ3v) is 7.89. The molecule has 1 saturated heterocycles. The summed E-state index contributed by atoms with van der Waals surface area (Å²) >= 11 is 0. The molecule has 2 aromatic rings. The number of rotatable bonds is 3. The Kier molecular flexibility index (Phi) is 4.97. The molecule has 4 rings (SSSR count). The molecule has 0 aromatic heterocycles. The van der Waals surface area contributed by atoms with Crippen LogP contribution in [0.1, 0.15) is 22.3 Å². The highest BCUT2D eigenvalue weighted by molar-refractivity contribution is 7.86. The molecule has 144 valence electrons. The summed E-state index contributed by atoms with van der Waals surface area (Å²) in [4.78, 5) is 2.31. The van der Waals surface area contributed by atoms with E-state index in [1.54, 1.807) is 8.61 Å². The lowest BCUT2D eigenvalue weighted by Gasteiger charge is -2.39. The Labute approximate surface area is 162 Å². The highest BCUT2D eigenvalue weighted by Crippen LogP contribution is 2.26. The van der Waals surface area contributed by atoms with Gasteiger partial charge in [0.05, 0.1) is 0 Å². The average Bonchev–Trinajstić information content (AvgIpc) is 2.70. The van der Waals surface area contributed by atoms with Gasteiger partial charge in [0.2, 0.25) is 0 Å². The number of nitrogens with zero attached hydrogens (tertiary/aromatic N) is 3. The lowest BCUT2D eigenvalue weighted by Crippen LogP contribution is -2.53. The van der Waals surface area contributed by atoms with Gasteiger partial charge in [-0.1, -0.05) is 36.4 Å². The fraction of sp³-hybridized carbons (Fsp3) is 0.429. The first kappa shape index (κ1) is 18.5. The third-order valence-electron chi connectivity index (χ3n) is 5.90. The minimum absolute atomic E-state index is 0.482. The Morgan fingerprint density at radius 3 is 2.22 bits per heavy atom.